The number of carbonyl (C=O) groups is 1. The van der Waals surface area contributed by atoms with E-state index in [9.17, 15) is 9.59 Å². The molecule has 0 saturated heterocycles. The quantitative estimate of drug-likeness (QED) is 0.650. The number of aromatic nitrogens is 1. The van der Waals surface area contributed by atoms with Gasteiger partial charge in [0.15, 0.2) is 5.12 Å². The molecule has 3 nitrogen and oxygen atoms in total. The average molecular weight is 256 g/mol. The Kier molecular flexibility index (Phi) is 5.17. The highest BCUT2D eigenvalue weighted by molar-refractivity contribution is 8.13. The normalized spacial score (nSPS) is 9.38. The topological polar surface area (TPSA) is 49.9 Å². The Bertz CT molecular complexity index is 499. The third kappa shape index (κ3) is 4.56. The predicted molar refractivity (Wildman–Crippen MR) is 66.7 cm³/mol. The largest absolute Gasteiger partial charge is 0.327 e. The third-order valence-electron chi connectivity index (χ3n) is 1.62. The minimum absolute atomic E-state index is 0.0916. The zero-order valence-corrected chi connectivity index (χ0v) is 10.2. The van der Waals surface area contributed by atoms with E-state index in [0.29, 0.717) is 17.7 Å². The molecule has 0 radical (unpaired) electrons. The van der Waals surface area contributed by atoms with Crippen LogP contribution in [0.4, 0.5) is 0 Å². The number of thioether (sulfide) groups is 1. The van der Waals surface area contributed by atoms with Crippen molar-refractivity contribution in [2.75, 3.05) is 5.75 Å². The van der Waals surface area contributed by atoms with Crippen LogP contribution < -0.4 is 5.56 Å². The zero-order valence-electron chi connectivity index (χ0n) is 8.67. The van der Waals surface area contributed by atoms with E-state index in [1.165, 1.54) is 30.9 Å². The molecule has 84 valence electrons. The van der Waals surface area contributed by atoms with E-state index in [-0.39, 0.29) is 15.7 Å². The summed E-state index contributed by atoms with van der Waals surface area (Å²) in [5, 5.41) is 0.221. The molecule has 1 heterocycles. The van der Waals surface area contributed by atoms with Gasteiger partial charge in [0.1, 0.15) is 5.02 Å². The van der Waals surface area contributed by atoms with Crippen LogP contribution in [-0.4, -0.2) is 15.9 Å². The highest BCUT2D eigenvalue weighted by Crippen LogP contribution is 2.04. The Hall–Kier alpha value is -1.18. The molecular weight excluding hydrogens is 246 g/mol. The molecule has 1 aromatic rings. The van der Waals surface area contributed by atoms with Crippen LogP contribution in [0.2, 0.25) is 5.02 Å². The summed E-state index contributed by atoms with van der Waals surface area (Å²) >= 11 is 6.88. The van der Waals surface area contributed by atoms with Crippen LogP contribution in [0.1, 0.15) is 18.9 Å². The lowest BCUT2D eigenvalue weighted by molar-refractivity contribution is -0.109. The summed E-state index contributed by atoms with van der Waals surface area (Å²) in [6.07, 6.45) is 2.14. The number of nitrogens with one attached hydrogen (secondary N) is 1. The van der Waals surface area contributed by atoms with Gasteiger partial charge in [-0.05, 0) is 6.07 Å². The molecule has 1 rings (SSSR count). The molecule has 0 atom stereocenters. The molecule has 1 N–H and O–H groups in total. The van der Waals surface area contributed by atoms with Gasteiger partial charge in [0.2, 0.25) is 0 Å². The van der Waals surface area contributed by atoms with Crippen molar-refractivity contribution in [3.63, 3.8) is 0 Å². The Morgan fingerprint density at radius 1 is 1.62 bits per heavy atom. The predicted octanol–water partition coefficient (Wildman–Crippen LogP) is 2.05. The average Bonchev–Trinajstić information content (AvgIpc) is 2.22. The van der Waals surface area contributed by atoms with E-state index in [4.69, 9.17) is 11.6 Å². The van der Waals surface area contributed by atoms with Crippen molar-refractivity contribution < 1.29 is 4.79 Å². The van der Waals surface area contributed by atoms with Crippen LogP contribution in [-0.2, 0) is 4.79 Å². The van der Waals surface area contributed by atoms with Crippen LogP contribution in [0.5, 0.6) is 0 Å². The number of H-pyrrole nitrogens is 1. The van der Waals surface area contributed by atoms with Crippen LogP contribution in [0.15, 0.2) is 17.1 Å². The maximum Gasteiger partial charge on any atom is 0.266 e. The van der Waals surface area contributed by atoms with Crippen LogP contribution >= 0.6 is 23.4 Å². The summed E-state index contributed by atoms with van der Waals surface area (Å²) in [5.74, 6) is 6.44. The molecule has 0 fully saturated rings. The SMILES string of the molecule is CC(=O)SCCC#Cc1c[nH]c(=O)c(Cl)c1. The molecule has 0 aliphatic heterocycles. The van der Waals surface area contributed by atoms with Crippen molar-refractivity contribution in [3.05, 3.63) is 33.2 Å². The Morgan fingerprint density at radius 2 is 2.38 bits per heavy atom. The molecular formula is C11H10ClNO2S. The van der Waals surface area contributed by atoms with Crippen LogP contribution in [0, 0.1) is 11.8 Å². The molecule has 0 saturated carbocycles. The minimum Gasteiger partial charge on any atom is -0.327 e. The number of carbonyl (C=O) groups excluding carboxylic acids is 1. The van der Waals surface area contributed by atoms with Gasteiger partial charge in [-0.2, -0.15) is 0 Å². The summed E-state index contributed by atoms with van der Waals surface area (Å²) in [4.78, 5) is 24.0. The highest BCUT2D eigenvalue weighted by atomic mass is 35.5. The van der Waals surface area contributed by atoms with Crippen molar-refractivity contribution in [2.45, 2.75) is 13.3 Å². The molecule has 5 heteroatoms. The molecule has 0 aliphatic carbocycles. The van der Waals surface area contributed by atoms with E-state index in [1.807, 2.05) is 0 Å². The van der Waals surface area contributed by atoms with Gasteiger partial charge in [-0.1, -0.05) is 35.2 Å². The Morgan fingerprint density at radius 3 is 3.00 bits per heavy atom. The zero-order chi connectivity index (χ0) is 12.0. The molecule has 0 bridgehead atoms. The molecule has 0 unspecified atom stereocenters. The number of hydrogen-bond donors (Lipinski definition) is 1. The van der Waals surface area contributed by atoms with Crippen molar-refractivity contribution in [1.29, 1.82) is 0 Å². The maximum absolute atomic E-state index is 10.9. The van der Waals surface area contributed by atoms with Gasteiger partial charge < -0.3 is 4.98 Å². The first-order valence-corrected chi connectivity index (χ1v) is 5.96. The van der Waals surface area contributed by atoms with Crippen molar-refractivity contribution in [2.24, 2.45) is 0 Å². The van der Waals surface area contributed by atoms with Gasteiger partial charge in [0.05, 0.1) is 0 Å². The fourth-order valence-electron chi connectivity index (χ4n) is 0.939. The minimum atomic E-state index is -0.320. The molecule has 0 aliphatic rings. The standard InChI is InChI=1S/C11H10ClNO2S/c1-8(14)16-5-3-2-4-9-6-10(12)11(15)13-7-9/h6-7H,3,5H2,1H3,(H,13,15). The second-order valence-corrected chi connectivity index (χ2v) is 4.64. The van der Waals surface area contributed by atoms with Crippen molar-refractivity contribution >= 4 is 28.5 Å². The van der Waals surface area contributed by atoms with Crippen LogP contribution in [0.3, 0.4) is 0 Å². The van der Waals surface area contributed by atoms with Crippen molar-refractivity contribution in [1.82, 2.24) is 4.98 Å². The van der Waals surface area contributed by atoms with Gasteiger partial charge in [-0.25, -0.2) is 0 Å². The first kappa shape index (κ1) is 12.9. The number of hydrogen-bond acceptors (Lipinski definition) is 3. The van der Waals surface area contributed by atoms with Gasteiger partial charge in [0, 0.05) is 30.9 Å². The molecule has 16 heavy (non-hydrogen) atoms. The summed E-state index contributed by atoms with van der Waals surface area (Å²) in [6.45, 7) is 1.53. The Labute approximate surface area is 103 Å². The van der Waals surface area contributed by atoms with E-state index < -0.39 is 0 Å². The first-order chi connectivity index (χ1) is 7.59. The van der Waals surface area contributed by atoms with E-state index in [1.54, 1.807) is 0 Å². The van der Waals surface area contributed by atoms with E-state index in [0.717, 1.165) is 0 Å². The van der Waals surface area contributed by atoms with Crippen LogP contribution in [0.25, 0.3) is 0 Å². The Balaban J connectivity index is 2.53. The van der Waals surface area contributed by atoms with E-state index >= 15 is 0 Å². The summed E-state index contributed by atoms with van der Waals surface area (Å²) in [6, 6.07) is 1.52. The summed E-state index contributed by atoms with van der Waals surface area (Å²) < 4.78 is 0. The second-order valence-electron chi connectivity index (χ2n) is 2.96. The van der Waals surface area contributed by atoms with Crippen molar-refractivity contribution in [3.8, 4) is 11.8 Å². The molecule has 0 amide bonds. The number of pyridine rings is 1. The first-order valence-electron chi connectivity index (χ1n) is 4.60. The number of rotatable bonds is 2. The van der Waals surface area contributed by atoms with Gasteiger partial charge in [-0.15, -0.1) is 0 Å². The second kappa shape index (κ2) is 6.41. The lowest BCUT2D eigenvalue weighted by Gasteiger charge is -1.91. The molecule has 0 aromatic carbocycles. The van der Waals surface area contributed by atoms with Gasteiger partial charge in [0.25, 0.3) is 5.56 Å². The number of halogens is 1. The number of aromatic amines is 1. The third-order valence-corrected chi connectivity index (χ3v) is 2.72. The summed E-state index contributed by atoms with van der Waals surface area (Å²) in [7, 11) is 0. The monoisotopic (exact) mass is 255 g/mol. The fourth-order valence-corrected chi connectivity index (χ4v) is 1.60. The van der Waals surface area contributed by atoms with E-state index in [2.05, 4.69) is 16.8 Å². The maximum atomic E-state index is 10.9. The molecule has 0 spiro atoms. The van der Waals surface area contributed by atoms with Gasteiger partial charge >= 0.3 is 0 Å². The smallest absolute Gasteiger partial charge is 0.266 e. The summed E-state index contributed by atoms with van der Waals surface area (Å²) in [5.41, 5.74) is 0.344. The fraction of sp³-hybridized carbons (Fsp3) is 0.273. The lowest BCUT2D eigenvalue weighted by Crippen LogP contribution is -2.04. The van der Waals surface area contributed by atoms with Gasteiger partial charge in [-0.3, -0.25) is 9.59 Å². The lowest BCUT2D eigenvalue weighted by atomic mass is 10.3. The highest BCUT2D eigenvalue weighted by Gasteiger charge is 1.95. The molecule has 1 aromatic heterocycles.